The van der Waals surface area contributed by atoms with Gasteiger partial charge in [-0.1, -0.05) is 0 Å². The molecule has 0 bridgehead atoms. The minimum absolute atomic E-state index is 0.587. The maximum absolute atomic E-state index is 12.6. The van der Waals surface area contributed by atoms with Gasteiger partial charge in [-0.05, 0) is 0 Å². The fraction of sp³-hybridized carbons (Fsp3) is 0.167. The third-order valence-electron chi connectivity index (χ3n) is 1.75. The van der Waals surface area contributed by atoms with Crippen molar-refractivity contribution in [1.82, 2.24) is 4.98 Å². The minimum atomic E-state index is -4.60. The fourth-order valence-electron chi connectivity index (χ4n) is 1.14. The predicted octanol–water partition coefficient (Wildman–Crippen LogP) is 0.157. The third kappa shape index (κ3) is 2.45. The molecule has 0 atom stereocenters. The lowest BCUT2D eigenvalue weighted by Crippen LogP contribution is -2.18. The molecule has 8 nitrogen and oxygen atoms in total. The number of nitrogens with two attached hydrogens (primary N) is 2. The number of primary sulfonamides is 1. The number of alkyl halides is 2. The molecule has 0 spiro atoms. The molecule has 0 aliphatic rings. The highest BCUT2D eigenvalue weighted by molar-refractivity contribution is 7.89. The Hall–Kier alpha value is -1.88. The van der Waals surface area contributed by atoms with Crippen molar-refractivity contribution in [3.05, 3.63) is 21.9 Å². The first-order valence-electron chi connectivity index (χ1n) is 3.90. The van der Waals surface area contributed by atoms with Gasteiger partial charge in [-0.2, -0.15) is 0 Å². The summed E-state index contributed by atoms with van der Waals surface area (Å²) >= 11 is 0. The van der Waals surface area contributed by atoms with Crippen LogP contribution in [0.2, 0.25) is 0 Å². The lowest BCUT2D eigenvalue weighted by atomic mass is 10.2. The average molecular weight is 268 g/mol. The number of anilines is 1. The van der Waals surface area contributed by atoms with Gasteiger partial charge in [-0.25, -0.2) is 27.3 Å². The van der Waals surface area contributed by atoms with Crippen LogP contribution < -0.4 is 10.9 Å². The van der Waals surface area contributed by atoms with Gasteiger partial charge in [-0.3, -0.25) is 10.1 Å². The number of nitrogens with zero attached hydrogens (tertiary/aromatic N) is 2. The second-order valence-corrected chi connectivity index (χ2v) is 4.36. The highest BCUT2D eigenvalue weighted by Gasteiger charge is 2.33. The molecule has 1 rings (SSSR count). The normalized spacial score (nSPS) is 11.8. The van der Waals surface area contributed by atoms with Gasteiger partial charge in [0.1, 0.15) is 11.3 Å². The summed E-state index contributed by atoms with van der Waals surface area (Å²) in [6.07, 6.45) is -2.86. The summed E-state index contributed by atoms with van der Waals surface area (Å²) in [5, 5.41) is 13.9. The van der Waals surface area contributed by atoms with E-state index in [0.717, 1.165) is 0 Å². The van der Waals surface area contributed by atoms with Crippen molar-refractivity contribution in [3.63, 3.8) is 0 Å². The van der Waals surface area contributed by atoms with Crippen molar-refractivity contribution in [2.75, 3.05) is 5.73 Å². The SMILES string of the molecule is Nc1cnc(S(N)(=O)=O)c(C(F)F)c1[N+](=O)[O-]. The Bertz CT molecular complexity index is 574. The number of halogens is 2. The van der Waals surface area contributed by atoms with Gasteiger partial charge in [0.25, 0.3) is 16.4 Å². The molecule has 17 heavy (non-hydrogen) atoms. The van der Waals surface area contributed by atoms with Gasteiger partial charge in [0.15, 0.2) is 5.03 Å². The third-order valence-corrected chi connectivity index (χ3v) is 2.61. The van der Waals surface area contributed by atoms with E-state index >= 15 is 0 Å². The van der Waals surface area contributed by atoms with Crippen LogP contribution in [0.15, 0.2) is 11.2 Å². The second-order valence-electron chi connectivity index (χ2n) is 2.88. The Labute approximate surface area is 93.4 Å². The van der Waals surface area contributed by atoms with Gasteiger partial charge in [0.05, 0.1) is 11.1 Å². The molecule has 0 fully saturated rings. The molecule has 0 unspecified atom stereocenters. The quantitative estimate of drug-likeness (QED) is 0.590. The Morgan fingerprint density at radius 1 is 1.47 bits per heavy atom. The molecule has 0 aliphatic heterocycles. The molecule has 11 heteroatoms. The molecule has 0 aliphatic carbocycles. The summed E-state index contributed by atoms with van der Waals surface area (Å²) in [5.74, 6) is 0. The van der Waals surface area contributed by atoms with E-state index in [1.165, 1.54) is 0 Å². The zero-order valence-corrected chi connectivity index (χ0v) is 8.82. The molecular weight excluding hydrogens is 262 g/mol. The average Bonchev–Trinajstić information content (AvgIpc) is 2.14. The predicted molar refractivity (Wildman–Crippen MR) is 51.6 cm³/mol. The summed E-state index contributed by atoms with van der Waals surface area (Å²) in [5.41, 5.74) is 1.82. The maximum Gasteiger partial charge on any atom is 0.305 e. The van der Waals surface area contributed by atoms with Crippen LogP contribution in [0, 0.1) is 10.1 Å². The number of sulfonamides is 1. The molecule has 94 valence electrons. The summed E-state index contributed by atoms with van der Waals surface area (Å²) in [6.45, 7) is 0. The molecule has 4 N–H and O–H groups in total. The van der Waals surface area contributed by atoms with Crippen molar-refractivity contribution >= 4 is 21.4 Å². The van der Waals surface area contributed by atoms with E-state index in [1.54, 1.807) is 0 Å². The number of nitro groups is 1. The monoisotopic (exact) mass is 268 g/mol. The molecule has 0 saturated heterocycles. The van der Waals surface area contributed by atoms with Crippen molar-refractivity contribution in [2.24, 2.45) is 5.14 Å². The van der Waals surface area contributed by atoms with E-state index in [9.17, 15) is 27.3 Å². The summed E-state index contributed by atoms with van der Waals surface area (Å²) < 4.78 is 47.2. The Morgan fingerprint density at radius 3 is 2.35 bits per heavy atom. The highest BCUT2D eigenvalue weighted by atomic mass is 32.2. The standard InChI is InChI=1S/C6H6F2N4O4S/c7-5(8)3-4(12(13)14)2(9)1-11-6(3)17(10,15)16/h1,5H,9H2,(H2,10,15,16). The van der Waals surface area contributed by atoms with E-state index in [1.807, 2.05) is 0 Å². The van der Waals surface area contributed by atoms with Crippen LogP contribution in [0.5, 0.6) is 0 Å². The number of aromatic nitrogens is 1. The second kappa shape index (κ2) is 4.18. The van der Waals surface area contributed by atoms with Gasteiger partial charge in [-0.15, -0.1) is 0 Å². The molecule has 1 aromatic rings. The summed E-state index contributed by atoms with van der Waals surface area (Å²) in [7, 11) is -4.60. The minimum Gasteiger partial charge on any atom is -0.392 e. The van der Waals surface area contributed by atoms with E-state index in [2.05, 4.69) is 10.1 Å². The van der Waals surface area contributed by atoms with Crippen LogP contribution in [-0.2, 0) is 10.0 Å². The van der Waals surface area contributed by atoms with Crippen molar-refractivity contribution in [1.29, 1.82) is 0 Å². The smallest absolute Gasteiger partial charge is 0.305 e. The van der Waals surface area contributed by atoms with E-state index in [0.29, 0.717) is 6.20 Å². The molecule has 0 aromatic carbocycles. The molecule has 0 saturated carbocycles. The van der Waals surface area contributed by atoms with Gasteiger partial charge in [0, 0.05) is 0 Å². The molecule has 0 radical (unpaired) electrons. The number of nitrogen functional groups attached to an aromatic ring is 1. The van der Waals surface area contributed by atoms with Crippen LogP contribution in [0.25, 0.3) is 0 Å². The van der Waals surface area contributed by atoms with Gasteiger partial charge >= 0.3 is 5.69 Å². The van der Waals surface area contributed by atoms with E-state index in [-0.39, 0.29) is 0 Å². The summed E-state index contributed by atoms with van der Waals surface area (Å²) in [6, 6.07) is 0. The number of pyridine rings is 1. The maximum atomic E-state index is 12.6. The molecule has 1 aromatic heterocycles. The molecular formula is C6H6F2N4O4S. The zero-order chi connectivity index (χ0) is 13.4. The topological polar surface area (TPSA) is 142 Å². The van der Waals surface area contributed by atoms with Crippen molar-refractivity contribution < 1.29 is 22.1 Å². The first-order valence-corrected chi connectivity index (χ1v) is 5.44. The van der Waals surface area contributed by atoms with Crippen molar-refractivity contribution in [3.8, 4) is 0 Å². The highest BCUT2D eigenvalue weighted by Crippen LogP contribution is 2.36. The Morgan fingerprint density at radius 2 is 2.00 bits per heavy atom. The molecule has 1 heterocycles. The lowest BCUT2D eigenvalue weighted by molar-refractivity contribution is -0.385. The first kappa shape index (κ1) is 13.2. The lowest BCUT2D eigenvalue weighted by Gasteiger charge is -2.07. The number of hydrogen-bond acceptors (Lipinski definition) is 6. The number of hydrogen-bond donors (Lipinski definition) is 2. The van der Waals surface area contributed by atoms with Crippen LogP contribution in [0.4, 0.5) is 20.2 Å². The van der Waals surface area contributed by atoms with Crippen LogP contribution in [-0.4, -0.2) is 18.3 Å². The van der Waals surface area contributed by atoms with Crippen LogP contribution >= 0.6 is 0 Å². The Kier molecular flexibility index (Phi) is 3.24. The van der Waals surface area contributed by atoms with E-state index < -0.39 is 43.3 Å². The first-order chi connectivity index (χ1) is 7.66. The molecule has 0 amide bonds. The summed E-state index contributed by atoms with van der Waals surface area (Å²) in [4.78, 5) is 12.4. The van der Waals surface area contributed by atoms with Crippen LogP contribution in [0.1, 0.15) is 12.0 Å². The zero-order valence-electron chi connectivity index (χ0n) is 8.00. The van der Waals surface area contributed by atoms with E-state index in [4.69, 9.17) is 5.73 Å². The fourth-order valence-corrected chi connectivity index (χ4v) is 1.83. The largest absolute Gasteiger partial charge is 0.392 e. The van der Waals surface area contributed by atoms with Gasteiger partial charge in [0.2, 0.25) is 0 Å². The Balaban J connectivity index is 3.78. The van der Waals surface area contributed by atoms with Crippen molar-refractivity contribution in [2.45, 2.75) is 11.5 Å². The van der Waals surface area contributed by atoms with Gasteiger partial charge < -0.3 is 5.73 Å². The number of rotatable bonds is 3. The van der Waals surface area contributed by atoms with Crippen LogP contribution in [0.3, 0.4) is 0 Å².